The van der Waals surface area contributed by atoms with Crippen LogP contribution >= 0.6 is 11.8 Å². The van der Waals surface area contributed by atoms with Gasteiger partial charge in [0.15, 0.2) is 0 Å². The van der Waals surface area contributed by atoms with Crippen molar-refractivity contribution in [1.82, 2.24) is 0 Å². The van der Waals surface area contributed by atoms with Crippen LogP contribution in [0, 0.1) is 0 Å². The number of hydrogen-bond donors (Lipinski definition) is 0. The van der Waals surface area contributed by atoms with Crippen molar-refractivity contribution in [2.24, 2.45) is 0 Å². The molecule has 0 aromatic heterocycles. The SMILES string of the molecule is CC(=O)CSCC(C)(F)F. The fourth-order valence-corrected chi connectivity index (χ4v) is 1.12. The van der Waals surface area contributed by atoms with Gasteiger partial charge in [-0.3, -0.25) is 4.79 Å². The minimum Gasteiger partial charge on any atom is -0.299 e. The van der Waals surface area contributed by atoms with Crippen molar-refractivity contribution in [3.05, 3.63) is 0 Å². The predicted molar refractivity (Wildman–Crippen MR) is 38.6 cm³/mol. The van der Waals surface area contributed by atoms with Gasteiger partial charge in [-0.15, -0.1) is 11.8 Å². The molecule has 0 atom stereocenters. The summed E-state index contributed by atoms with van der Waals surface area (Å²) in [5.41, 5.74) is 0. The number of alkyl halides is 2. The van der Waals surface area contributed by atoms with Crippen molar-refractivity contribution in [3.8, 4) is 0 Å². The van der Waals surface area contributed by atoms with Gasteiger partial charge in [-0.05, 0) is 6.92 Å². The normalized spacial score (nSPS) is 11.6. The average molecular weight is 168 g/mol. The summed E-state index contributed by atoms with van der Waals surface area (Å²) in [6.45, 7) is 2.24. The Bertz CT molecular complexity index is 119. The van der Waals surface area contributed by atoms with Crippen LogP contribution in [-0.4, -0.2) is 23.2 Å². The van der Waals surface area contributed by atoms with E-state index in [9.17, 15) is 13.6 Å². The molecule has 0 aliphatic rings. The minimum absolute atomic E-state index is 0.0609. The van der Waals surface area contributed by atoms with E-state index < -0.39 is 5.92 Å². The van der Waals surface area contributed by atoms with Crippen LogP contribution < -0.4 is 0 Å². The van der Waals surface area contributed by atoms with E-state index in [1.54, 1.807) is 0 Å². The molecule has 4 heteroatoms. The number of halogens is 2. The van der Waals surface area contributed by atoms with E-state index in [4.69, 9.17) is 0 Å². The molecule has 60 valence electrons. The Labute approximate surface area is 63.2 Å². The highest BCUT2D eigenvalue weighted by Crippen LogP contribution is 2.18. The summed E-state index contributed by atoms with van der Waals surface area (Å²) < 4.78 is 24.1. The van der Waals surface area contributed by atoms with E-state index in [0.29, 0.717) is 0 Å². The summed E-state index contributed by atoms with van der Waals surface area (Å²) in [4.78, 5) is 10.3. The zero-order chi connectivity index (χ0) is 8.20. The summed E-state index contributed by atoms with van der Waals surface area (Å²) in [5.74, 6) is -2.80. The number of ketones is 1. The first-order valence-corrected chi connectivity index (χ1v) is 4.02. The number of thioether (sulfide) groups is 1. The van der Waals surface area contributed by atoms with Crippen molar-refractivity contribution in [2.75, 3.05) is 11.5 Å². The molecule has 0 spiro atoms. The number of Topliss-reactive ketones (excluding diaryl/α,β-unsaturated/α-hetero) is 1. The van der Waals surface area contributed by atoms with E-state index in [1.807, 2.05) is 0 Å². The lowest BCUT2D eigenvalue weighted by atomic mass is 10.5. The first kappa shape index (κ1) is 9.88. The lowest BCUT2D eigenvalue weighted by Gasteiger charge is -2.07. The molecule has 0 fully saturated rings. The maximum atomic E-state index is 12.0. The van der Waals surface area contributed by atoms with Crippen LogP contribution in [0.2, 0.25) is 0 Å². The van der Waals surface area contributed by atoms with Gasteiger partial charge in [0.2, 0.25) is 0 Å². The van der Waals surface area contributed by atoms with Gasteiger partial charge in [0, 0.05) is 6.92 Å². The van der Waals surface area contributed by atoms with Gasteiger partial charge < -0.3 is 0 Å². The number of rotatable bonds is 4. The molecule has 0 heterocycles. The Morgan fingerprint density at radius 2 is 2.10 bits per heavy atom. The highest BCUT2D eigenvalue weighted by molar-refractivity contribution is 8.00. The third kappa shape index (κ3) is 7.88. The van der Waals surface area contributed by atoms with Gasteiger partial charge in [-0.25, -0.2) is 8.78 Å². The molecule has 0 unspecified atom stereocenters. The Kier molecular flexibility index (Phi) is 3.86. The molecule has 10 heavy (non-hydrogen) atoms. The predicted octanol–water partition coefficient (Wildman–Crippen LogP) is 1.96. The van der Waals surface area contributed by atoms with Gasteiger partial charge >= 0.3 is 0 Å². The number of carbonyl (C=O) groups excluding carboxylic acids is 1. The van der Waals surface area contributed by atoms with Gasteiger partial charge in [0.25, 0.3) is 5.92 Å². The molecule has 0 saturated heterocycles. The van der Waals surface area contributed by atoms with E-state index in [1.165, 1.54) is 6.92 Å². The average Bonchev–Trinajstić information content (AvgIpc) is 1.59. The van der Waals surface area contributed by atoms with Crippen LogP contribution in [0.4, 0.5) is 8.78 Å². The molecule has 0 amide bonds. The second-order valence-corrected chi connectivity index (χ2v) is 3.25. The second-order valence-electron chi connectivity index (χ2n) is 2.27. The number of hydrogen-bond acceptors (Lipinski definition) is 2. The zero-order valence-electron chi connectivity index (χ0n) is 5.99. The first-order chi connectivity index (χ1) is 4.42. The minimum atomic E-state index is -2.65. The van der Waals surface area contributed by atoms with Crippen LogP contribution in [-0.2, 0) is 4.79 Å². The summed E-state index contributed by atoms with van der Waals surface area (Å²) in [6, 6.07) is 0. The third-order valence-electron chi connectivity index (χ3n) is 0.661. The van der Waals surface area contributed by atoms with Crippen LogP contribution in [0.25, 0.3) is 0 Å². The maximum Gasteiger partial charge on any atom is 0.254 e. The Morgan fingerprint density at radius 3 is 2.40 bits per heavy atom. The molecule has 0 bridgehead atoms. The van der Waals surface area contributed by atoms with Gasteiger partial charge in [0.05, 0.1) is 11.5 Å². The van der Waals surface area contributed by atoms with Crippen molar-refractivity contribution in [1.29, 1.82) is 0 Å². The van der Waals surface area contributed by atoms with Gasteiger partial charge in [0.1, 0.15) is 5.78 Å². The molecule has 0 aromatic rings. The Morgan fingerprint density at radius 1 is 1.60 bits per heavy atom. The summed E-state index contributed by atoms with van der Waals surface area (Å²) in [5, 5.41) is 0. The molecular formula is C6H10F2OS. The topological polar surface area (TPSA) is 17.1 Å². The fraction of sp³-hybridized carbons (Fsp3) is 0.833. The highest BCUT2D eigenvalue weighted by Gasteiger charge is 2.20. The summed E-state index contributed by atoms with van der Waals surface area (Å²) >= 11 is 0.969. The van der Waals surface area contributed by atoms with Crippen molar-refractivity contribution in [3.63, 3.8) is 0 Å². The molecular weight excluding hydrogens is 158 g/mol. The lowest BCUT2D eigenvalue weighted by Crippen LogP contribution is -2.14. The van der Waals surface area contributed by atoms with Crippen LogP contribution in [0.1, 0.15) is 13.8 Å². The van der Waals surface area contributed by atoms with Crippen LogP contribution in [0.15, 0.2) is 0 Å². The number of carbonyl (C=O) groups is 1. The van der Waals surface area contributed by atoms with Crippen LogP contribution in [0.5, 0.6) is 0 Å². The fourth-order valence-electron chi connectivity index (χ4n) is 0.374. The van der Waals surface area contributed by atoms with Gasteiger partial charge in [-0.1, -0.05) is 0 Å². The molecule has 0 rings (SSSR count). The van der Waals surface area contributed by atoms with E-state index in [-0.39, 0.29) is 17.3 Å². The molecule has 0 N–H and O–H groups in total. The van der Waals surface area contributed by atoms with E-state index >= 15 is 0 Å². The van der Waals surface area contributed by atoms with Crippen molar-refractivity contribution >= 4 is 17.5 Å². The van der Waals surface area contributed by atoms with E-state index in [0.717, 1.165) is 18.7 Å². The maximum absolute atomic E-state index is 12.0. The standard InChI is InChI=1S/C6H10F2OS/c1-5(9)3-10-4-6(2,7)8/h3-4H2,1-2H3. The molecule has 0 radical (unpaired) electrons. The molecule has 0 aliphatic carbocycles. The largest absolute Gasteiger partial charge is 0.299 e. The molecule has 0 aliphatic heterocycles. The highest BCUT2D eigenvalue weighted by atomic mass is 32.2. The van der Waals surface area contributed by atoms with Crippen LogP contribution in [0.3, 0.4) is 0 Å². The summed E-state index contributed by atoms with van der Waals surface area (Å²) in [7, 11) is 0. The quantitative estimate of drug-likeness (QED) is 0.638. The third-order valence-corrected chi connectivity index (χ3v) is 1.98. The second kappa shape index (κ2) is 3.91. The molecule has 0 saturated carbocycles. The van der Waals surface area contributed by atoms with Crippen molar-refractivity contribution < 1.29 is 13.6 Å². The molecule has 0 aromatic carbocycles. The van der Waals surface area contributed by atoms with E-state index in [2.05, 4.69) is 0 Å². The Hall–Kier alpha value is -0.120. The van der Waals surface area contributed by atoms with Gasteiger partial charge in [-0.2, -0.15) is 0 Å². The monoisotopic (exact) mass is 168 g/mol. The zero-order valence-corrected chi connectivity index (χ0v) is 6.80. The summed E-state index contributed by atoms with van der Waals surface area (Å²) in [6.07, 6.45) is 0. The first-order valence-electron chi connectivity index (χ1n) is 2.87. The smallest absolute Gasteiger partial charge is 0.254 e. The lowest BCUT2D eigenvalue weighted by molar-refractivity contribution is -0.114. The van der Waals surface area contributed by atoms with Crippen molar-refractivity contribution in [2.45, 2.75) is 19.8 Å². The molecule has 1 nitrogen and oxygen atoms in total. The Balaban J connectivity index is 3.29.